The average molecular weight is 343 g/mol. The molecule has 0 heterocycles. The molecule has 0 unspecified atom stereocenters. The Morgan fingerprint density at radius 1 is 1.12 bits per heavy atom. The second kappa shape index (κ2) is 8.44. The van der Waals surface area contributed by atoms with E-state index in [1.807, 2.05) is 55.5 Å². The second-order valence-electron chi connectivity index (χ2n) is 3.44. The van der Waals surface area contributed by atoms with Gasteiger partial charge >= 0.3 is 30.0 Å². The standard InChI is InChI=1S/C14H13O.BrH.Zn/c1-12-7-5-6-10-14(12)15-11-13-8-3-2-4-9-13;;/h2-8,10H,11H2,1H3;1H;/q-1;;+2/p-1. The fraction of sp³-hybridized carbons (Fsp3) is 0.143. The van der Waals surface area contributed by atoms with Crippen LogP contribution in [0.5, 0.6) is 5.75 Å². The number of rotatable bonds is 3. The van der Waals surface area contributed by atoms with Crippen molar-refractivity contribution in [2.45, 2.75) is 13.5 Å². The van der Waals surface area contributed by atoms with E-state index < -0.39 is 0 Å². The topological polar surface area (TPSA) is 9.23 Å². The molecule has 0 aliphatic heterocycles. The molecule has 0 aliphatic rings. The van der Waals surface area contributed by atoms with Crippen LogP contribution in [0.1, 0.15) is 11.1 Å². The molecule has 0 spiro atoms. The van der Waals surface area contributed by atoms with Gasteiger partial charge in [0.25, 0.3) is 0 Å². The fourth-order valence-electron chi connectivity index (χ4n) is 1.39. The molecule has 0 amide bonds. The average Bonchev–Trinajstić information content (AvgIpc) is 2.41. The first-order valence-electron chi connectivity index (χ1n) is 5.27. The number of benzene rings is 2. The third-order valence-electron chi connectivity index (χ3n) is 2.25. The monoisotopic (exact) mass is 340 g/mol. The predicted molar refractivity (Wildman–Crippen MR) is 69.7 cm³/mol. The van der Waals surface area contributed by atoms with Crippen LogP contribution >= 0.6 is 13.6 Å². The van der Waals surface area contributed by atoms with Crippen LogP contribution in [0, 0.1) is 13.0 Å². The van der Waals surface area contributed by atoms with Gasteiger partial charge in [0.2, 0.25) is 0 Å². The zero-order chi connectivity index (χ0) is 12.5. The molecule has 2 rings (SSSR count). The van der Waals surface area contributed by atoms with Crippen LogP contribution in [0.25, 0.3) is 0 Å². The van der Waals surface area contributed by atoms with Crippen LogP contribution in [-0.2, 0) is 22.9 Å². The van der Waals surface area contributed by atoms with E-state index in [1.165, 1.54) is 16.3 Å². The van der Waals surface area contributed by atoms with Crippen LogP contribution in [-0.4, -0.2) is 0 Å². The van der Waals surface area contributed by atoms with Gasteiger partial charge in [0.1, 0.15) is 5.75 Å². The molecule has 0 aliphatic carbocycles. The summed E-state index contributed by atoms with van der Waals surface area (Å²) in [5.41, 5.74) is 2.23. The molecule has 0 saturated carbocycles. The van der Waals surface area contributed by atoms with E-state index in [2.05, 4.69) is 19.7 Å². The van der Waals surface area contributed by atoms with Crippen molar-refractivity contribution < 1.29 is 21.1 Å². The summed E-state index contributed by atoms with van der Waals surface area (Å²) in [6.07, 6.45) is 0. The van der Waals surface area contributed by atoms with Gasteiger partial charge < -0.3 is 4.74 Å². The van der Waals surface area contributed by atoms with E-state index >= 15 is 0 Å². The Kier molecular flexibility index (Phi) is 7.15. The van der Waals surface area contributed by atoms with Crippen molar-refractivity contribution in [1.29, 1.82) is 0 Å². The van der Waals surface area contributed by atoms with Crippen molar-refractivity contribution >= 4 is 13.6 Å². The first-order valence-corrected chi connectivity index (χ1v) is 12.2. The van der Waals surface area contributed by atoms with Gasteiger partial charge in [-0.2, -0.15) is 30.3 Å². The normalized spacial score (nSPS) is 9.18. The van der Waals surface area contributed by atoms with Gasteiger partial charge in [-0.15, -0.1) is 5.56 Å². The maximum atomic E-state index is 5.69. The summed E-state index contributed by atoms with van der Waals surface area (Å²) in [6, 6.07) is 19.0. The van der Waals surface area contributed by atoms with E-state index in [9.17, 15) is 0 Å². The van der Waals surface area contributed by atoms with Gasteiger partial charge in [0, 0.05) is 0 Å². The number of hydrogen-bond acceptors (Lipinski definition) is 1. The quantitative estimate of drug-likeness (QED) is 0.599. The molecule has 1 nitrogen and oxygen atoms in total. The van der Waals surface area contributed by atoms with Gasteiger partial charge in [-0.25, -0.2) is 0 Å². The summed E-state index contributed by atoms with van der Waals surface area (Å²) in [7, 11) is 0. The third-order valence-corrected chi connectivity index (χ3v) is 2.25. The Hall–Kier alpha value is -0.657. The molecular formula is C14H13BrOZn. The summed E-state index contributed by atoms with van der Waals surface area (Å²) >= 11 is 4.25. The van der Waals surface area contributed by atoms with Gasteiger partial charge in [-0.3, -0.25) is 0 Å². The molecule has 0 fully saturated rings. The van der Waals surface area contributed by atoms with Gasteiger partial charge in [-0.05, 0) is 18.6 Å². The molecule has 0 saturated heterocycles. The Bertz CT molecular complexity index is 431. The van der Waals surface area contributed by atoms with Crippen LogP contribution in [0.2, 0.25) is 0 Å². The number of para-hydroxylation sites is 1. The number of aryl methyl sites for hydroxylation is 1. The molecule has 0 radical (unpaired) electrons. The Morgan fingerprint density at radius 2 is 1.82 bits per heavy atom. The summed E-state index contributed by atoms with van der Waals surface area (Å²) in [5, 5.41) is 0. The van der Waals surface area contributed by atoms with E-state index in [1.54, 1.807) is 0 Å². The number of halogens is 1. The van der Waals surface area contributed by atoms with Crippen LogP contribution < -0.4 is 4.74 Å². The summed E-state index contributed by atoms with van der Waals surface area (Å²) in [6.45, 7) is 2.62. The van der Waals surface area contributed by atoms with Gasteiger partial charge in [0.15, 0.2) is 0 Å². The van der Waals surface area contributed by atoms with Crippen molar-refractivity contribution in [3.63, 3.8) is 0 Å². The SMILES string of the molecule is Cc1ccccc1OCc1[c-]cccc1.[Zn+][Br]. The molecule has 17 heavy (non-hydrogen) atoms. The molecule has 2 aromatic rings. The first kappa shape index (κ1) is 14.4. The molecule has 3 heteroatoms. The first-order chi connectivity index (χ1) is 8.36. The van der Waals surface area contributed by atoms with E-state index in [4.69, 9.17) is 4.74 Å². The Balaban J connectivity index is 0.000000686. The summed E-state index contributed by atoms with van der Waals surface area (Å²) in [5.74, 6) is 0.940. The third kappa shape index (κ3) is 5.01. The Labute approximate surface area is 119 Å². The minimum atomic E-state index is 0.575. The minimum absolute atomic E-state index is 0.575. The fourth-order valence-corrected chi connectivity index (χ4v) is 1.39. The van der Waals surface area contributed by atoms with Crippen LogP contribution in [0.3, 0.4) is 0 Å². The molecular weight excluding hydrogens is 329 g/mol. The molecule has 2 aromatic carbocycles. The van der Waals surface area contributed by atoms with Crippen molar-refractivity contribution in [3.05, 3.63) is 65.7 Å². The predicted octanol–water partition coefficient (Wildman–Crippen LogP) is 4.22. The van der Waals surface area contributed by atoms with E-state index in [0.29, 0.717) is 6.61 Å². The molecule has 0 bridgehead atoms. The van der Waals surface area contributed by atoms with Crippen molar-refractivity contribution in [2.24, 2.45) is 0 Å². The zero-order valence-corrected chi connectivity index (χ0v) is 14.4. The van der Waals surface area contributed by atoms with E-state index in [-0.39, 0.29) is 0 Å². The van der Waals surface area contributed by atoms with Gasteiger partial charge in [-0.1, -0.05) is 18.2 Å². The second-order valence-corrected chi connectivity index (χ2v) is 3.44. The number of ether oxygens (including phenoxy) is 1. The Morgan fingerprint density at radius 3 is 2.47 bits per heavy atom. The zero-order valence-electron chi connectivity index (χ0n) is 9.82. The maximum absolute atomic E-state index is 5.69. The van der Waals surface area contributed by atoms with E-state index in [0.717, 1.165) is 16.9 Å². The molecule has 84 valence electrons. The van der Waals surface area contributed by atoms with Crippen molar-refractivity contribution in [1.82, 2.24) is 0 Å². The summed E-state index contributed by atoms with van der Waals surface area (Å²) in [4.78, 5) is 0. The summed E-state index contributed by atoms with van der Waals surface area (Å²) < 4.78 is 5.69. The van der Waals surface area contributed by atoms with Crippen molar-refractivity contribution in [2.75, 3.05) is 0 Å². The van der Waals surface area contributed by atoms with Crippen LogP contribution in [0.15, 0.2) is 48.5 Å². The molecule has 0 atom stereocenters. The van der Waals surface area contributed by atoms with Crippen molar-refractivity contribution in [3.8, 4) is 5.75 Å². The number of hydrogen-bond donors (Lipinski definition) is 0. The molecule has 0 aromatic heterocycles. The molecule has 0 N–H and O–H groups in total. The van der Waals surface area contributed by atoms with Crippen LogP contribution in [0.4, 0.5) is 0 Å². The van der Waals surface area contributed by atoms with Gasteiger partial charge in [0.05, 0.1) is 6.61 Å².